The smallest absolute Gasteiger partial charge is 0.128 e. The van der Waals surface area contributed by atoms with E-state index < -0.39 is 0 Å². The van der Waals surface area contributed by atoms with Crippen molar-refractivity contribution in [2.75, 3.05) is 0 Å². The lowest BCUT2D eigenvalue weighted by Gasteiger charge is -2.10. The van der Waals surface area contributed by atoms with Crippen LogP contribution in [0.15, 0.2) is 54.9 Å². The molecule has 0 spiro atoms. The molecule has 0 amide bonds. The van der Waals surface area contributed by atoms with Crippen molar-refractivity contribution in [1.82, 2.24) is 9.97 Å². The number of hydrogen-bond acceptors (Lipinski definition) is 3. The largest absolute Gasteiger partial charge is 0.241 e. The fourth-order valence-electron chi connectivity index (χ4n) is 4.07. The van der Waals surface area contributed by atoms with E-state index >= 15 is 0 Å². The van der Waals surface area contributed by atoms with E-state index in [-0.39, 0.29) is 0 Å². The van der Waals surface area contributed by atoms with Gasteiger partial charge in [-0.1, -0.05) is 82.0 Å². The summed E-state index contributed by atoms with van der Waals surface area (Å²) in [4.78, 5) is 9.08. The Balaban J connectivity index is 1.67. The molecule has 166 valence electrons. The Morgan fingerprint density at radius 3 is 1.97 bits per heavy atom. The molecule has 0 atom stereocenters. The molecular formula is C29H35N3. The van der Waals surface area contributed by atoms with Crippen LogP contribution >= 0.6 is 0 Å². The van der Waals surface area contributed by atoms with E-state index in [1.165, 1.54) is 43.2 Å². The minimum Gasteiger partial charge on any atom is -0.241 e. The van der Waals surface area contributed by atoms with Gasteiger partial charge in [-0.25, -0.2) is 9.97 Å². The summed E-state index contributed by atoms with van der Waals surface area (Å²) in [5.74, 6) is 0.884. The number of rotatable bonds is 12. The maximum atomic E-state index is 9.90. The van der Waals surface area contributed by atoms with Crippen LogP contribution in [0.4, 0.5) is 0 Å². The maximum absolute atomic E-state index is 9.90. The third-order valence-corrected chi connectivity index (χ3v) is 6.06. The van der Waals surface area contributed by atoms with Crippen molar-refractivity contribution in [3.8, 4) is 17.2 Å². The Morgan fingerprint density at radius 2 is 1.34 bits per heavy atom. The van der Waals surface area contributed by atoms with Crippen molar-refractivity contribution >= 4 is 0 Å². The number of nitrogens with zero attached hydrogens (tertiary/aromatic N) is 3. The molecule has 0 radical (unpaired) electrons. The van der Waals surface area contributed by atoms with E-state index in [2.05, 4.69) is 60.2 Å². The molecule has 3 aromatic rings. The summed E-state index contributed by atoms with van der Waals surface area (Å²) < 4.78 is 0. The lowest BCUT2D eigenvalue weighted by atomic mass is 9.94. The second kappa shape index (κ2) is 12.8. The molecular weight excluding hydrogens is 390 g/mol. The monoisotopic (exact) mass is 425 g/mol. The van der Waals surface area contributed by atoms with Gasteiger partial charge in [0.15, 0.2) is 0 Å². The average molecular weight is 426 g/mol. The highest BCUT2D eigenvalue weighted by molar-refractivity contribution is 5.71. The predicted octanol–water partition coefficient (Wildman–Crippen LogP) is 7.27. The summed E-state index contributed by atoms with van der Waals surface area (Å²) in [6, 6.07) is 17.5. The van der Waals surface area contributed by atoms with Crippen LogP contribution in [-0.2, 0) is 25.7 Å². The molecule has 0 unspecified atom stereocenters. The van der Waals surface area contributed by atoms with Crippen LogP contribution in [0.1, 0.15) is 80.5 Å². The number of aryl methyl sites for hydroxylation is 4. The van der Waals surface area contributed by atoms with Gasteiger partial charge in [0.1, 0.15) is 11.9 Å². The van der Waals surface area contributed by atoms with Crippen molar-refractivity contribution < 1.29 is 0 Å². The average Bonchev–Trinajstić information content (AvgIpc) is 2.84. The molecule has 1 aromatic heterocycles. The molecule has 1 heterocycles. The number of nitriles is 1. The predicted molar refractivity (Wildman–Crippen MR) is 132 cm³/mol. The Bertz CT molecular complexity index is 998. The van der Waals surface area contributed by atoms with Crippen molar-refractivity contribution in [2.45, 2.75) is 78.1 Å². The lowest BCUT2D eigenvalue weighted by Crippen LogP contribution is -1.99. The first-order valence-electron chi connectivity index (χ1n) is 12.2. The fourth-order valence-corrected chi connectivity index (χ4v) is 4.07. The SMILES string of the molecule is CCCCCc1ccc(CCc2cccc(-c3cnc(CCCCC)nc3)c2C#N)cc1. The summed E-state index contributed by atoms with van der Waals surface area (Å²) in [6.07, 6.45) is 14.9. The third-order valence-electron chi connectivity index (χ3n) is 6.06. The third kappa shape index (κ3) is 6.76. The van der Waals surface area contributed by atoms with Crippen molar-refractivity contribution in [1.29, 1.82) is 5.26 Å². The topological polar surface area (TPSA) is 49.6 Å². The zero-order valence-corrected chi connectivity index (χ0v) is 19.6. The van der Waals surface area contributed by atoms with Crippen LogP contribution in [0.2, 0.25) is 0 Å². The van der Waals surface area contributed by atoms with Crippen LogP contribution in [-0.4, -0.2) is 9.97 Å². The van der Waals surface area contributed by atoms with Gasteiger partial charge in [0.2, 0.25) is 0 Å². The Labute approximate surface area is 193 Å². The van der Waals surface area contributed by atoms with E-state index in [0.717, 1.165) is 60.2 Å². The van der Waals surface area contributed by atoms with Gasteiger partial charge in [-0.05, 0) is 48.8 Å². The van der Waals surface area contributed by atoms with Gasteiger partial charge in [0.25, 0.3) is 0 Å². The van der Waals surface area contributed by atoms with Gasteiger partial charge >= 0.3 is 0 Å². The quantitative estimate of drug-likeness (QED) is 0.287. The molecule has 32 heavy (non-hydrogen) atoms. The van der Waals surface area contributed by atoms with E-state index in [0.29, 0.717) is 0 Å². The van der Waals surface area contributed by atoms with E-state index in [1.807, 2.05) is 24.5 Å². The molecule has 0 bridgehead atoms. The van der Waals surface area contributed by atoms with Gasteiger partial charge < -0.3 is 0 Å². The number of hydrogen-bond donors (Lipinski definition) is 0. The molecule has 0 aliphatic heterocycles. The summed E-state index contributed by atoms with van der Waals surface area (Å²) in [5.41, 5.74) is 6.41. The Hall–Kier alpha value is -2.99. The van der Waals surface area contributed by atoms with Gasteiger partial charge in [0, 0.05) is 29.9 Å². The zero-order valence-electron chi connectivity index (χ0n) is 19.6. The molecule has 0 fully saturated rings. The van der Waals surface area contributed by atoms with Crippen LogP contribution in [0.3, 0.4) is 0 Å². The molecule has 3 heteroatoms. The highest BCUT2D eigenvalue weighted by Gasteiger charge is 2.11. The Kier molecular flexibility index (Phi) is 9.44. The van der Waals surface area contributed by atoms with Gasteiger partial charge in [0.05, 0.1) is 5.56 Å². The van der Waals surface area contributed by atoms with Crippen molar-refractivity contribution in [3.05, 3.63) is 82.9 Å². The van der Waals surface area contributed by atoms with Crippen LogP contribution in [0.5, 0.6) is 0 Å². The second-order valence-electron chi connectivity index (χ2n) is 8.57. The van der Waals surface area contributed by atoms with Crippen molar-refractivity contribution in [2.24, 2.45) is 0 Å². The molecule has 0 aliphatic rings. The van der Waals surface area contributed by atoms with E-state index in [4.69, 9.17) is 0 Å². The number of aromatic nitrogens is 2. The molecule has 0 N–H and O–H groups in total. The zero-order chi connectivity index (χ0) is 22.6. The summed E-state index contributed by atoms with van der Waals surface area (Å²) in [5, 5.41) is 9.90. The highest BCUT2D eigenvalue weighted by atomic mass is 14.9. The maximum Gasteiger partial charge on any atom is 0.128 e. The number of benzene rings is 2. The van der Waals surface area contributed by atoms with Gasteiger partial charge in [-0.15, -0.1) is 0 Å². The van der Waals surface area contributed by atoms with E-state index in [9.17, 15) is 5.26 Å². The van der Waals surface area contributed by atoms with Gasteiger partial charge in [-0.3, -0.25) is 0 Å². The first-order valence-corrected chi connectivity index (χ1v) is 12.2. The molecule has 2 aromatic carbocycles. The minimum absolute atomic E-state index is 0.742. The number of unbranched alkanes of at least 4 members (excludes halogenated alkanes) is 4. The standard InChI is InChI=1S/C29H35N3/c1-3-5-7-10-23-14-16-24(17-15-23)18-19-25-11-9-12-27(28(25)20-30)26-21-31-29(32-22-26)13-8-6-4-2/h9,11-12,14-17,21-22H,3-8,10,13,18-19H2,1-2H3. The summed E-state index contributed by atoms with van der Waals surface area (Å²) in [6.45, 7) is 4.44. The van der Waals surface area contributed by atoms with Crippen LogP contribution in [0, 0.1) is 11.3 Å². The molecule has 3 rings (SSSR count). The molecule has 0 saturated heterocycles. The summed E-state index contributed by atoms with van der Waals surface area (Å²) in [7, 11) is 0. The van der Waals surface area contributed by atoms with Crippen LogP contribution < -0.4 is 0 Å². The minimum atomic E-state index is 0.742. The molecule has 3 nitrogen and oxygen atoms in total. The summed E-state index contributed by atoms with van der Waals surface area (Å²) >= 11 is 0. The fraction of sp³-hybridized carbons (Fsp3) is 0.414. The highest BCUT2D eigenvalue weighted by Crippen LogP contribution is 2.26. The second-order valence-corrected chi connectivity index (χ2v) is 8.57. The van der Waals surface area contributed by atoms with Crippen LogP contribution in [0.25, 0.3) is 11.1 Å². The van der Waals surface area contributed by atoms with E-state index in [1.54, 1.807) is 0 Å². The van der Waals surface area contributed by atoms with Crippen molar-refractivity contribution in [3.63, 3.8) is 0 Å². The first-order chi connectivity index (χ1) is 15.7. The Morgan fingerprint density at radius 1 is 0.719 bits per heavy atom. The van der Waals surface area contributed by atoms with Gasteiger partial charge in [-0.2, -0.15) is 5.26 Å². The lowest BCUT2D eigenvalue weighted by molar-refractivity contribution is 0.693. The first kappa shape index (κ1) is 23.7. The molecule has 0 saturated carbocycles. The molecule has 0 aliphatic carbocycles. The normalized spacial score (nSPS) is 10.8.